The fourth-order valence-electron chi connectivity index (χ4n) is 3.30. The number of hydrogen-bond donors (Lipinski definition) is 2. The molecule has 5 rings (SSSR count). The van der Waals surface area contributed by atoms with Crippen LogP contribution < -0.4 is 5.30 Å². The zero-order valence-electron chi connectivity index (χ0n) is 18.7. The third kappa shape index (κ3) is 6.27. The summed E-state index contributed by atoms with van der Waals surface area (Å²) in [6, 6.07) is 28.3. The molecule has 0 saturated heterocycles. The second-order valence-electron chi connectivity index (χ2n) is 7.65. The molecule has 1 atom stereocenters. The first-order valence-corrected chi connectivity index (χ1v) is 12.2. The van der Waals surface area contributed by atoms with Gasteiger partial charge in [-0.25, -0.2) is 0 Å². The van der Waals surface area contributed by atoms with Crippen LogP contribution in [0.25, 0.3) is 21.5 Å². The largest absolute Gasteiger partial charge is 0.506 e. The molecule has 0 bridgehead atoms. The predicted molar refractivity (Wildman–Crippen MR) is 146 cm³/mol. The van der Waals surface area contributed by atoms with Crippen molar-refractivity contribution in [3.8, 4) is 11.5 Å². The van der Waals surface area contributed by atoms with Gasteiger partial charge in [0.25, 0.3) is 0 Å². The summed E-state index contributed by atoms with van der Waals surface area (Å²) >= 11 is 11.5. The summed E-state index contributed by atoms with van der Waals surface area (Å²) in [5, 5.41) is 24.4. The van der Waals surface area contributed by atoms with Gasteiger partial charge in [-0.15, -0.1) is 0 Å². The third-order valence-electron chi connectivity index (χ3n) is 5.21. The van der Waals surface area contributed by atoms with Crippen molar-refractivity contribution in [2.75, 3.05) is 0 Å². The lowest BCUT2D eigenvalue weighted by molar-refractivity contribution is 0.481. The molecule has 0 fully saturated rings. The minimum absolute atomic E-state index is 0.162. The summed E-state index contributed by atoms with van der Waals surface area (Å²) < 4.78 is 10.5. The van der Waals surface area contributed by atoms with Crippen molar-refractivity contribution in [3.63, 3.8) is 0 Å². The first kappa shape index (κ1) is 25.5. The number of hydrogen-bond acceptors (Lipinski definition) is 3. The monoisotopic (exact) mass is 509 g/mol. The maximum absolute atomic E-state index is 10.5. The number of halogens is 2. The van der Waals surface area contributed by atoms with Crippen LogP contribution in [0.1, 0.15) is 11.1 Å². The van der Waals surface area contributed by atoms with E-state index in [1.165, 1.54) is 5.56 Å². The molecule has 0 aliphatic carbocycles. The molecule has 1 unspecified atom stereocenters. The van der Waals surface area contributed by atoms with Crippen LogP contribution in [0.4, 0.5) is 0 Å². The maximum atomic E-state index is 10.5. The van der Waals surface area contributed by atoms with Gasteiger partial charge in [0.1, 0.15) is 11.5 Å². The number of aromatic hydroxyl groups is 2. The van der Waals surface area contributed by atoms with Gasteiger partial charge in [-0.1, -0.05) is 101 Å². The van der Waals surface area contributed by atoms with Crippen molar-refractivity contribution in [3.05, 3.63) is 112 Å². The number of benzene rings is 5. The highest BCUT2D eigenvalue weighted by Crippen LogP contribution is 2.32. The van der Waals surface area contributed by atoms with Crippen LogP contribution in [0.2, 0.25) is 10.0 Å². The average Bonchev–Trinajstić information content (AvgIpc) is 2.86. The standard InChI is InChI=1S/2C10H7ClO.C8H9OP/c2*11-9-6-5-7-3-1-2-4-8(7)10(9)12;1-6-3-4-7(2)8(5-6)10-9/h2*1-6,12H;3-5H,1-2H3/p+1. The Kier molecular flexibility index (Phi) is 8.90. The van der Waals surface area contributed by atoms with Crippen LogP contribution in [0.15, 0.2) is 91.0 Å². The molecular formula is C28H24Cl2O3P+. The van der Waals surface area contributed by atoms with Crippen LogP contribution in [-0.2, 0) is 4.57 Å². The van der Waals surface area contributed by atoms with Crippen molar-refractivity contribution in [2.24, 2.45) is 0 Å². The van der Waals surface area contributed by atoms with E-state index in [-0.39, 0.29) is 20.0 Å². The molecule has 34 heavy (non-hydrogen) atoms. The summed E-state index contributed by atoms with van der Waals surface area (Å²) in [6.07, 6.45) is 0. The van der Waals surface area contributed by atoms with Gasteiger partial charge in [-0.2, -0.15) is 0 Å². The predicted octanol–water partition coefficient (Wildman–Crippen LogP) is 8.35. The fourth-order valence-corrected chi connectivity index (χ4v) is 4.16. The van der Waals surface area contributed by atoms with E-state index in [1.807, 2.05) is 92.7 Å². The highest BCUT2D eigenvalue weighted by Gasteiger charge is 2.04. The van der Waals surface area contributed by atoms with Crippen LogP contribution in [0, 0.1) is 13.8 Å². The SMILES string of the molecule is Cc1ccc(C)c([PH+]=O)c1.Oc1c(Cl)ccc2ccccc12.Oc1c(Cl)ccc2ccccc12. The van der Waals surface area contributed by atoms with Crippen molar-refractivity contribution in [2.45, 2.75) is 13.8 Å². The highest BCUT2D eigenvalue weighted by atomic mass is 35.5. The molecule has 2 N–H and O–H groups in total. The Labute approximate surface area is 210 Å². The molecule has 3 nitrogen and oxygen atoms in total. The topological polar surface area (TPSA) is 57.5 Å². The Hall–Kier alpha value is -3.10. The van der Waals surface area contributed by atoms with Gasteiger partial charge in [-0.3, -0.25) is 0 Å². The summed E-state index contributed by atoms with van der Waals surface area (Å²) in [5.74, 6) is 0.324. The quantitative estimate of drug-likeness (QED) is 0.223. The van der Waals surface area contributed by atoms with E-state index >= 15 is 0 Å². The van der Waals surface area contributed by atoms with E-state index in [4.69, 9.17) is 23.2 Å². The zero-order chi connectivity index (χ0) is 24.7. The fraction of sp³-hybridized carbons (Fsp3) is 0.0714. The van der Waals surface area contributed by atoms with Crippen molar-refractivity contribution < 1.29 is 14.8 Å². The molecule has 6 heteroatoms. The Morgan fingerprint density at radius 3 is 1.56 bits per heavy atom. The molecule has 0 amide bonds. The number of phenolic OH excluding ortho intramolecular Hbond substituents is 2. The minimum Gasteiger partial charge on any atom is -0.506 e. The van der Waals surface area contributed by atoms with E-state index in [2.05, 4.69) is 0 Å². The van der Waals surface area contributed by atoms with Gasteiger partial charge in [0.15, 0.2) is 5.30 Å². The summed E-state index contributed by atoms with van der Waals surface area (Å²) in [7, 11) is -0.325. The number of phenols is 2. The lowest BCUT2D eigenvalue weighted by atomic mass is 10.1. The van der Waals surface area contributed by atoms with Crippen LogP contribution in [-0.4, -0.2) is 10.2 Å². The normalized spacial score (nSPS) is 10.4. The second kappa shape index (κ2) is 11.9. The molecule has 0 radical (unpaired) electrons. The minimum atomic E-state index is -0.325. The van der Waals surface area contributed by atoms with Gasteiger partial charge < -0.3 is 10.2 Å². The van der Waals surface area contributed by atoms with E-state index in [1.54, 1.807) is 12.1 Å². The Balaban J connectivity index is 0.000000144. The van der Waals surface area contributed by atoms with E-state index in [9.17, 15) is 14.8 Å². The van der Waals surface area contributed by atoms with Crippen molar-refractivity contribution in [1.82, 2.24) is 0 Å². The Morgan fingerprint density at radius 2 is 1.12 bits per heavy atom. The van der Waals surface area contributed by atoms with Crippen LogP contribution in [0.5, 0.6) is 11.5 Å². The molecule has 0 saturated carbocycles. The number of aryl methyl sites for hydroxylation is 2. The highest BCUT2D eigenvalue weighted by molar-refractivity contribution is 7.34. The van der Waals surface area contributed by atoms with Gasteiger partial charge in [0.2, 0.25) is 0 Å². The van der Waals surface area contributed by atoms with Crippen molar-refractivity contribution in [1.29, 1.82) is 0 Å². The van der Waals surface area contributed by atoms with Gasteiger partial charge in [0.05, 0.1) is 10.0 Å². The molecule has 0 heterocycles. The average molecular weight is 510 g/mol. The molecule has 5 aromatic rings. The summed E-state index contributed by atoms with van der Waals surface area (Å²) in [6.45, 7) is 3.97. The molecule has 0 aromatic heterocycles. The lowest BCUT2D eigenvalue weighted by Gasteiger charge is -2.01. The van der Waals surface area contributed by atoms with E-state index in [0.29, 0.717) is 10.0 Å². The maximum Gasteiger partial charge on any atom is 0.363 e. The Bertz CT molecular complexity index is 1370. The summed E-state index contributed by atoms with van der Waals surface area (Å²) in [4.78, 5) is 0. The molecule has 0 aliphatic heterocycles. The number of rotatable bonds is 1. The lowest BCUT2D eigenvalue weighted by Crippen LogP contribution is -1.96. The zero-order valence-corrected chi connectivity index (χ0v) is 21.2. The molecule has 5 aromatic carbocycles. The first-order valence-electron chi connectivity index (χ1n) is 10.5. The first-order chi connectivity index (χ1) is 16.3. The van der Waals surface area contributed by atoms with Gasteiger partial charge in [0, 0.05) is 16.3 Å². The van der Waals surface area contributed by atoms with Crippen LogP contribution in [0.3, 0.4) is 0 Å². The third-order valence-corrected chi connectivity index (χ3v) is 6.57. The molecule has 172 valence electrons. The van der Waals surface area contributed by atoms with Gasteiger partial charge >= 0.3 is 8.46 Å². The Morgan fingerprint density at radius 1 is 0.647 bits per heavy atom. The van der Waals surface area contributed by atoms with Crippen molar-refractivity contribution >= 4 is 58.5 Å². The van der Waals surface area contributed by atoms with Crippen LogP contribution >= 0.6 is 31.7 Å². The smallest absolute Gasteiger partial charge is 0.363 e. The second-order valence-corrected chi connectivity index (χ2v) is 9.21. The summed E-state index contributed by atoms with van der Waals surface area (Å²) in [5.41, 5.74) is 2.28. The van der Waals surface area contributed by atoms with E-state index in [0.717, 1.165) is 32.4 Å². The van der Waals surface area contributed by atoms with Gasteiger partial charge in [-0.05, 0) is 48.4 Å². The number of fused-ring (bicyclic) bond motifs is 2. The molecule has 0 aliphatic rings. The molecular weight excluding hydrogens is 486 g/mol. The van der Waals surface area contributed by atoms with E-state index < -0.39 is 0 Å². The molecule has 0 spiro atoms.